The molecule has 0 heterocycles. The Bertz CT molecular complexity index is 766. The average molecular weight is 350 g/mol. The van der Waals surface area contributed by atoms with Crippen LogP contribution in [0.1, 0.15) is 22.3 Å². The molecule has 0 spiro atoms. The summed E-state index contributed by atoms with van der Waals surface area (Å²) in [6.45, 7) is 0.351. The molecule has 0 atom stereocenters. The van der Waals surface area contributed by atoms with Crippen molar-refractivity contribution >= 4 is 11.8 Å². The summed E-state index contributed by atoms with van der Waals surface area (Å²) in [4.78, 5) is 23.4. The molecule has 7 heteroatoms. The molecule has 4 nitrogen and oxygen atoms in total. The third-order valence-electron chi connectivity index (χ3n) is 3.44. The molecule has 2 amide bonds. The topological polar surface area (TPSA) is 58.2 Å². The standard InChI is InChI=1S/C18H17F3N2O2/c19-13-3-1-2-12(10-13)6-8-22-17(24)7-9-23-18(25)15-5-4-14(20)11-16(15)21/h1-5,10-11H,6-9H2,(H,22,24)(H,23,25). The van der Waals surface area contributed by atoms with Gasteiger partial charge in [0.25, 0.3) is 5.91 Å². The van der Waals surface area contributed by atoms with Gasteiger partial charge in [-0.2, -0.15) is 0 Å². The van der Waals surface area contributed by atoms with Gasteiger partial charge < -0.3 is 10.6 Å². The first-order chi connectivity index (χ1) is 12.0. The van der Waals surface area contributed by atoms with Gasteiger partial charge in [-0.05, 0) is 36.2 Å². The van der Waals surface area contributed by atoms with E-state index in [4.69, 9.17) is 0 Å². The van der Waals surface area contributed by atoms with Crippen LogP contribution in [-0.4, -0.2) is 24.9 Å². The van der Waals surface area contributed by atoms with Crippen molar-refractivity contribution < 1.29 is 22.8 Å². The van der Waals surface area contributed by atoms with Gasteiger partial charge >= 0.3 is 0 Å². The van der Waals surface area contributed by atoms with E-state index in [1.807, 2.05) is 0 Å². The molecular weight excluding hydrogens is 333 g/mol. The number of halogens is 3. The van der Waals surface area contributed by atoms with Gasteiger partial charge in [0.1, 0.15) is 17.5 Å². The van der Waals surface area contributed by atoms with Gasteiger partial charge in [-0.15, -0.1) is 0 Å². The largest absolute Gasteiger partial charge is 0.356 e. The van der Waals surface area contributed by atoms with Crippen LogP contribution in [0.15, 0.2) is 42.5 Å². The van der Waals surface area contributed by atoms with Crippen molar-refractivity contribution in [2.45, 2.75) is 12.8 Å². The number of carbonyl (C=O) groups excluding carboxylic acids is 2. The summed E-state index contributed by atoms with van der Waals surface area (Å²) in [7, 11) is 0. The van der Waals surface area contributed by atoms with E-state index >= 15 is 0 Å². The molecule has 132 valence electrons. The van der Waals surface area contributed by atoms with Gasteiger partial charge in [0.05, 0.1) is 5.56 Å². The molecule has 0 aliphatic heterocycles. The van der Waals surface area contributed by atoms with Gasteiger partial charge in [-0.3, -0.25) is 9.59 Å². The fourth-order valence-corrected chi connectivity index (χ4v) is 2.19. The second-order valence-electron chi connectivity index (χ2n) is 5.36. The number of carbonyl (C=O) groups is 2. The lowest BCUT2D eigenvalue weighted by molar-refractivity contribution is -0.120. The van der Waals surface area contributed by atoms with Crippen LogP contribution in [0.2, 0.25) is 0 Å². The molecule has 2 aromatic rings. The van der Waals surface area contributed by atoms with Crippen LogP contribution in [0.3, 0.4) is 0 Å². The number of nitrogens with one attached hydrogen (secondary N) is 2. The van der Waals surface area contributed by atoms with Gasteiger partial charge in [-0.1, -0.05) is 12.1 Å². The van der Waals surface area contributed by atoms with Crippen LogP contribution in [-0.2, 0) is 11.2 Å². The second kappa shape index (κ2) is 8.86. The normalized spacial score (nSPS) is 10.4. The molecular formula is C18H17F3N2O2. The smallest absolute Gasteiger partial charge is 0.254 e. The van der Waals surface area contributed by atoms with E-state index < -0.39 is 17.5 Å². The first-order valence-corrected chi connectivity index (χ1v) is 7.70. The Balaban J connectivity index is 1.68. The lowest BCUT2D eigenvalue weighted by Crippen LogP contribution is -2.32. The summed E-state index contributed by atoms with van der Waals surface area (Å²) in [6.07, 6.45) is 0.494. The molecule has 0 aliphatic rings. The summed E-state index contributed by atoms with van der Waals surface area (Å²) < 4.78 is 39.2. The number of hydrogen-bond donors (Lipinski definition) is 2. The molecule has 0 aliphatic carbocycles. The van der Waals surface area contributed by atoms with Crippen molar-refractivity contribution in [3.05, 3.63) is 71.0 Å². The predicted octanol–water partition coefficient (Wildman–Crippen LogP) is 2.58. The van der Waals surface area contributed by atoms with Gasteiger partial charge in [-0.25, -0.2) is 13.2 Å². The molecule has 2 rings (SSSR count). The monoisotopic (exact) mass is 350 g/mol. The van der Waals surface area contributed by atoms with Crippen molar-refractivity contribution in [3.8, 4) is 0 Å². The summed E-state index contributed by atoms with van der Waals surface area (Å²) in [6, 6.07) is 8.73. The maximum absolute atomic E-state index is 13.4. The SMILES string of the molecule is O=C(CCNC(=O)c1ccc(F)cc1F)NCCc1cccc(F)c1. The number of benzene rings is 2. The molecule has 0 saturated heterocycles. The third kappa shape index (κ3) is 5.95. The molecule has 2 N–H and O–H groups in total. The van der Waals surface area contributed by atoms with Crippen LogP contribution in [0.5, 0.6) is 0 Å². The van der Waals surface area contributed by atoms with Crippen molar-refractivity contribution in [2.24, 2.45) is 0 Å². The molecule has 2 aromatic carbocycles. The molecule has 25 heavy (non-hydrogen) atoms. The quantitative estimate of drug-likeness (QED) is 0.806. The number of rotatable bonds is 7. The first kappa shape index (κ1) is 18.5. The Labute approximate surface area is 143 Å². The second-order valence-corrected chi connectivity index (χ2v) is 5.36. The van der Waals surface area contributed by atoms with E-state index in [2.05, 4.69) is 10.6 Å². The summed E-state index contributed by atoms with van der Waals surface area (Å²) >= 11 is 0. The minimum absolute atomic E-state index is 0.0116. The fourth-order valence-electron chi connectivity index (χ4n) is 2.19. The van der Waals surface area contributed by atoms with E-state index in [0.29, 0.717) is 19.0 Å². The number of hydrogen-bond acceptors (Lipinski definition) is 2. The lowest BCUT2D eigenvalue weighted by atomic mass is 10.1. The van der Waals surface area contributed by atoms with E-state index in [0.717, 1.165) is 17.7 Å². The van der Waals surface area contributed by atoms with Crippen LogP contribution < -0.4 is 10.6 Å². The summed E-state index contributed by atoms with van der Waals surface area (Å²) in [5, 5.41) is 5.04. The molecule has 0 fully saturated rings. The van der Waals surface area contributed by atoms with Crippen LogP contribution >= 0.6 is 0 Å². The minimum Gasteiger partial charge on any atom is -0.356 e. The van der Waals surface area contributed by atoms with Gasteiger partial charge in [0.15, 0.2) is 0 Å². The highest BCUT2D eigenvalue weighted by Crippen LogP contribution is 2.09. The van der Waals surface area contributed by atoms with Crippen molar-refractivity contribution in [1.29, 1.82) is 0 Å². The fraction of sp³-hybridized carbons (Fsp3) is 0.222. The van der Waals surface area contributed by atoms with Crippen LogP contribution in [0, 0.1) is 17.5 Å². The summed E-state index contributed by atoms with van der Waals surface area (Å²) in [5.74, 6) is -3.08. The molecule has 0 radical (unpaired) electrons. The van der Waals surface area contributed by atoms with Crippen LogP contribution in [0.25, 0.3) is 0 Å². The van der Waals surface area contributed by atoms with Gasteiger partial charge in [0.2, 0.25) is 5.91 Å². The third-order valence-corrected chi connectivity index (χ3v) is 3.44. The Hall–Kier alpha value is -2.83. The zero-order valence-electron chi connectivity index (χ0n) is 13.3. The zero-order valence-corrected chi connectivity index (χ0v) is 13.3. The Kier molecular flexibility index (Phi) is 6.56. The Morgan fingerprint density at radius 2 is 1.64 bits per heavy atom. The van der Waals surface area contributed by atoms with E-state index in [9.17, 15) is 22.8 Å². The highest BCUT2D eigenvalue weighted by molar-refractivity contribution is 5.94. The maximum atomic E-state index is 13.4. The first-order valence-electron chi connectivity index (χ1n) is 7.70. The molecule has 0 unspecified atom stereocenters. The highest BCUT2D eigenvalue weighted by Gasteiger charge is 2.12. The molecule has 0 bridgehead atoms. The molecule has 0 aromatic heterocycles. The zero-order chi connectivity index (χ0) is 18.2. The maximum Gasteiger partial charge on any atom is 0.254 e. The summed E-state index contributed by atoms with van der Waals surface area (Å²) in [5.41, 5.74) is 0.480. The van der Waals surface area contributed by atoms with Crippen molar-refractivity contribution in [2.75, 3.05) is 13.1 Å². The van der Waals surface area contributed by atoms with E-state index in [1.54, 1.807) is 12.1 Å². The predicted molar refractivity (Wildman–Crippen MR) is 86.4 cm³/mol. The van der Waals surface area contributed by atoms with Crippen LogP contribution in [0.4, 0.5) is 13.2 Å². The van der Waals surface area contributed by atoms with Gasteiger partial charge in [0, 0.05) is 25.6 Å². The Morgan fingerprint density at radius 1 is 0.880 bits per heavy atom. The minimum atomic E-state index is -0.961. The molecule has 0 saturated carbocycles. The number of amides is 2. The highest BCUT2D eigenvalue weighted by atomic mass is 19.1. The van der Waals surface area contributed by atoms with E-state index in [-0.39, 0.29) is 30.3 Å². The van der Waals surface area contributed by atoms with E-state index in [1.165, 1.54) is 12.1 Å². The lowest BCUT2D eigenvalue weighted by Gasteiger charge is -2.07. The van der Waals surface area contributed by atoms with Crippen molar-refractivity contribution in [3.63, 3.8) is 0 Å². The van der Waals surface area contributed by atoms with Crippen molar-refractivity contribution in [1.82, 2.24) is 10.6 Å². The Morgan fingerprint density at radius 3 is 2.36 bits per heavy atom. The average Bonchev–Trinajstić information content (AvgIpc) is 2.54.